The summed E-state index contributed by atoms with van der Waals surface area (Å²) in [6, 6.07) is 6.08. The molecule has 0 radical (unpaired) electrons. The van der Waals surface area contributed by atoms with Gasteiger partial charge in [-0.2, -0.15) is 0 Å². The molecule has 1 aliphatic rings. The normalized spacial score (nSPS) is 22.9. The topological polar surface area (TPSA) is 68.0 Å². The van der Waals surface area contributed by atoms with E-state index in [1.165, 1.54) is 12.1 Å². The van der Waals surface area contributed by atoms with Gasteiger partial charge in [0.25, 0.3) is 0 Å². The fourth-order valence-electron chi connectivity index (χ4n) is 2.92. The molecule has 1 heterocycles. The lowest BCUT2D eigenvalue weighted by molar-refractivity contribution is -0.119. The van der Waals surface area contributed by atoms with Crippen molar-refractivity contribution in [2.24, 2.45) is 5.41 Å². The van der Waals surface area contributed by atoms with Gasteiger partial charge in [-0.05, 0) is 41.6 Å². The largest absolute Gasteiger partial charge is 0.305 e. The summed E-state index contributed by atoms with van der Waals surface area (Å²) in [6.45, 7) is 5.74. The second-order valence-corrected chi connectivity index (χ2v) is 6.13. The summed E-state index contributed by atoms with van der Waals surface area (Å²) >= 11 is 0. The van der Waals surface area contributed by atoms with Crippen LogP contribution in [0.1, 0.15) is 31.5 Å². The van der Waals surface area contributed by atoms with Gasteiger partial charge < -0.3 is 5.32 Å². The maximum atomic E-state index is 13.1. The predicted octanol–water partition coefficient (Wildman–Crippen LogP) is 2.82. The van der Waals surface area contributed by atoms with E-state index in [9.17, 15) is 9.18 Å². The lowest BCUT2D eigenvalue weighted by Crippen LogP contribution is -2.32. The third-order valence-corrected chi connectivity index (χ3v) is 4.35. The summed E-state index contributed by atoms with van der Waals surface area (Å²) in [5, 5.41) is 10.1. The van der Waals surface area contributed by atoms with Crippen molar-refractivity contribution in [3.8, 4) is 0 Å². The minimum atomic E-state index is -0.675. The number of carbonyl (C=O) groups is 1. The van der Waals surface area contributed by atoms with Crippen LogP contribution in [0.3, 0.4) is 0 Å². The molecular weight excluding hydrogens is 273 g/mol. The quantitative estimate of drug-likeness (QED) is 0.943. The number of nitrogens with zero attached hydrogens (tertiary/aromatic N) is 2. The van der Waals surface area contributed by atoms with E-state index in [-0.39, 0.29) is 17.1 Å². The van der Waals surface area contributed by atoms with E-state index < -0.39 is 5.41 Å². The van der Waals surface area contributed by atoms with Crippen molar-refractivity contribution in [2.45, 2.75) is 32.6 Å². The van der Waals surface area contributed by atoms with Gasteiger partial charge in [-0.3, -0.25) is 4.79 Å². The Morgan fingerprint density at radius 2 is 1.90 bits per heavy atom. The second-order valence-electron chi connectivity index (χ2n) is 6.13. The fraction of sp³-hybridized carbons (Fsp3) is 0.400. The number of halogens is 1. The van der Waals surface area contributed by atoms with Gasteiger partial charge in [-0.25, -0.2) is 9.02 Å². The van der Waals surface area contributed by atoms with E-state index in [1.54, 1.807) is 19.1 Å². The number of anilines is 1. The average Bonchev–Trinajstić information content (AvgIpc) is 2.80. The number of benzene rings is 1. The first-order chi connectivity index (χ1) is 9.87. The van der Waals surface area contributed by atoms with E-state index in [1.807, 2.05) is 13.8 Å². The van der Waals surface area contributed by atoms with Crippen molar-refractivity contribution in [2.75, 3.05) is 5.32 Å². The summed E-state index contributed by atoms with van der Waals surface area (Å²) in [6.07, 6.45) is 0.696. The Morgan fingerprint density at radius 1 is 1.29 bits per heavy atom. The van der Waals surface area contributed by atoms with Crippen LogP contribution in [0.15, 0.2) is 28.9 Å². The maximum absolute atomic E-state index is 13.1. The molecule has 1 aromatic heterocycles. The molecule has 21 heavy (non-hydrogen) atoms. The standard InChI is InChI=1S/C15H16FN3O2/c1-9-12(19-21-18-9)17-13(20)15(8-14(15,2)3)10-4-6-11(16)7-5-10/h4-7H,8H2,1-3H3,(H,17,19,20). The molecule has 0 bridgehead atoms. The van der Waals surface area contributed by atoms with Crippen LogP contribution in [0, 0.1) is 18.2 Å². The number of aryl methyl sites for hydroxylation is 1. The molecule has 3 rings (SSSR count). The highest BCUT2D eigenvalue weighted by Crippen LogP contribution is 2.64. The van der Waals surface area contributed by atoms with Gasteiger partial charge in [0.2, 0.25) is 5.91 Å². The minimum absolute atomic E-state index is 0.169. The summed E-state index contributed by atoms with van der Waals surface area (Å²) in [5.41, 5.74) is 0.461. The van der Waals surface area contributed by atoms with Crippen molar-refractivity contribution in [3.63, 3.8) is 0 Å². The third-order valence-electron chi connectivity index (χ3n) is 4.35. The van der Waals surface area contributed by atoms with Crippen LogP contribution < -0.4 is 5.32 Å². The van der Waals surface area contributed by atoms with E-state index >= 15 is 0 Å². The molecule has 1 N–H and O–H groups in total. The molecule has 1 amide bonds. The van der Waals surface area contributed by atoms with Gasteiger partial charge in [-0.15, -0.1) is 0 Å². The Hall–Kier alpha value is -2.24. The SMILES string of the molecule is Cc1nonc1NC(=O)C1(c2ccc(F)cc2)CC1(C)C. The molecule has 1 saturated carbocycles. The van der Waals surface area contributed by atoms with Crippen LogP contribution in [0.2, 0.25) is 0 Å². The highest BCUT2D eigenvalue weighted by molar-refractivity contribution is 6.02. The molecule has 0 saturated heterocycles. The number of rotatable bonds is 3. The van der Waals surface area contributed by atoms with Gasteiger partial charge in [0.15, 0.2) is 5.82 Å². The molecule has 110 valence electrons. The Morgan fingerprint density at radius 3 is 2.38 bits per heavy atom. The van der Waals surface area contributed by atoms with Crippen LogP contribution in [0.4, 0.5) is 10.2 Å². The lowest BCUT2D eigenvalue weighted by atomic mass is 9.87. The molecule has 1 aliphatic carbocycles. The first-order valence-corrected chi connectivity index (χ1v) is 6.73. The van der Waals surface area contributed by atoms with E-state index in [0.717, 1.165) is 5.56 Å². The van der Waals surface area contributed by atoms with Crippen molar-refractivity contribution < 1.29 is 13.8 Å². The molecular formula is C15H16FN3O2. The van der Waals surface area contributed by atoms with Crippen LogP contribution >= 0.6 is 0 Å². The minimum Gasteiger partial charge on any atom is -0.305 e. The fourth-order valence-corrected chi connectivity index (χ4v) is 2.92. The third kappa shape index (κ3) is 2.02. The molecule has 1 fully saturated rings. The molecule has 6 heteroatoms. The summed E-state index contributed by atoms with van der Waals surface area (Å²) < 4.78 is 17.7. The Balaban J connectivity index is 1.94. The predicted molar refractivity (Wildman–Crippen MR) is 74.1 cm³/mol. The zero-order valence-corrected chi connectivity index (χ0v) is 12.1. The number of hydrogen-bond donors (Lipinski definition) is 1. The van der Waals surface area contributed by atoms with E-state index in [0.29, 0.717) is 17.9 Å². The molecule has 1 atom stereocenters. The first-order valence-electron chi connectivity index (χ1n) is 6.73. The van der Waals surface area contributed by atoms with Gasteiger partial charge >= 0.3 is 0 Å². The number of hydrogen-bond acceptors (Lipinski definition) is 4. The van der Waals surface area contributed by atoms with Gasteiger partial charge in [0.05, 0.1) is 5.41 Å². The summed E-state index contributed by atoms with van der Waals surface area (Å²) in [4.78, 5) is 12.7. The Labute approximate surface area is 121 Å². The van der Waals surface area contributed by atoms with Crippen LogP contribution in [0.25, 0.3) is 0 Å². The zero-order valence-electron chi connectivity index (χ0n) is 12.1. The second kappa shape index (κ2) is 4.38. The molecule has 2 aromatic rings. The van der Waals surface area contributed by atoms with Gasteiger partial charge in [-0.1, -0.05) is 31.1 Å². The van der Waals surface area contributed by atoms with Gasteiger partial charge in [0, 0.05) is 0 Å². The Kier molecular flexibility index (Phi) is 2.86. The highest BCUT2D eigenvalue weighted by Gasteiger charge is 2.67. The van der Waals surface area contributed by atoms with Crippen molar-refractivity contribution in [3.05, 3.63) is 41.3 Å². The number of carbonyl (C=O) groups excluding carboxylic acids is 1. The summed E-state index contributed by atoms with van der Waals surface area (Å²) in [7, 11) is 0. The number of nitrogens with one attached hydrogen (secondary N) is 1. The van der Waals surface area contributed by atoms with Crippen LogP contribution in [-0.2, 0) is 10.2 Å². The lowest BCUT2D eigenvalue weighted by Gasteiger charge is -2.20. The highest BCUT2D eigenvalue weighted by atomic mass is 19.1. The van der Waals surface area contributed by atoms with E-state index in [4.69, 9.17) is 0 Å². The monoisotopic (exact) mass is 289 g/mol. The molecule has 1 aromatic carbocycles. The molecule has 0 aliphatic heterocycles. The summed E-state index contributed by atoms with van der Waals surface area (Å²) in [5.74, 6) is -0.161. The number of amides is 1. The smallest absolute Gasteiger partial charge is 0.236 e. The van der Waals surface area contributed by atoms with Crippen LogP contribution in [0.5, 0.6) is 0 Å². The van der Waals surface area contributed by atoms with Crippen molar-refractivity contribution in [1.82, 2.24) is 10.3 Å². The molecule has 0 spiro atoms. The maximum Gasteiger partial charge on any atom is 0.236 e. The van der Waals surface area contributed by atoms with Crippen molar-refractivity contribution in [1.29, 1.82) is 0 Å². The average molecular weight is 289 g/mol. The first kappa shape index (κ1) is 13.7. The Bertz CT molecular complexity index is 693. The zero-order chi connectivity index (χ0) is 15.3. The molecule has 5 nitrogen and oxygen atoms in total. The van der Waals surface area contributed by atoms with Gasteiger partial charge in [0.1, 0.15) is 11.5 Å². The van der Waals surface area contributed by atoms with Crippen molar-refractivity contribution >= 4 is 11.7 Å². The number of aromatic nitrogens is 2. The molecule has 1 unspecified atom stereocenters. The van der Waals surface area contributed by atoms with E-state index in [2.05, 4.69) is 20.3 Å². The van der Waals surface area contributed by atoms with Crippen LogP contribution in [-0.4, -0.2) is 16.2 Å².